The zero-order valence-electron chi connectivity index (χ0n) is 14.4. The highest BCUT2D eigenvalue weighted by atomic mass is 16.6. The highest BCUT2D eigenvalue weighted by molar-refractivity contribution is 4.87. The van der Waals surface area contributed by atoms with Gasteiger partial charge in [-0.05, 0) is 26.2 Å². The number of ether oxygens (including phenoxy) is 2. The summed E-state index contributed by atoms with van der Waals surface area (Å²) >= 11 is 0. The fraction of sp³-hybridized carbons (Fsp3) is 0.889. The Bertz CT molecular complexity index is 308. The average Bonchev–Trinajstić information content (AvgIpc) is 2.55. The maximum Gasteiger partial charge on any atom is 0.114 e. The van der Waals surface area contributed by atoms with Gasteiger partial charge in [0.05, 0.1) is 13.2 Å². The van der Waals surface area contributed by atoms with Crippen LogP contribution >= 0.6 is 0 Å². The van der Waals surface area contributed by atoms with E-state index < -0.39 is 24.4 Å². The summed E-state index contributed by atoms with van der Waals surface area (Å²) in [5, 5.41) is 28.9. The van der Waals surface area contributed by atoms with Crippen molar-refractivity contribution in [3.63, 3.8) is 0 Å². The van der Waals surface area contributed by atoms with Crippen LogP contribution in [-0.4, -0.2) is 59.6 Å². The lowest BCUT2D eigenvalue weighted by atomic mass is 10.0. The van der Waals surface area contributed by atoms with Crippen LogP contribution in [0.3, 0.4) is 0 Å². The first-order valence-electron chi connectivity index (χ1n) is 9.02. The molecule has 23 heavy (non-hydrogen) atoms. The Hall–Kier alpha value is -0.460. The van der Waals surface area contributed by atoms with Crippen LogP contribution in [0.5, 0.6) is 0 Å². The van der Waals surface area contributed by atoms with Gasteiger partial charge >= 0.3 is 0 Å². The second-order valence-corrected chi connectivity index (χ2v) is 6.28. The Kier molecular flexibility index (Phi) is 11.5. The molecule has 0 bridgehead atoms. The van der Waals surface area contributed by atoms with Crippen molar-refractivity contribution in [1.82, 2.24) is 0 Å². The van der Waals surface area contributed by atoms with Crippen molar-refractivity contribution in [3.8, 4) is 0 Å². The van der Waals surface area contributed by atoms with Crippen molar-refractivity contribution in [3.05, 3.63) is 12.2 Å². The predicted octanol–water partition coefficient (Wildman–Crippen LogP) is 2.18. The summed E-state index contributed by atoms with van der Waals surface area (Å²) in [5.41, 5.74) is 0. The lowest BCUT2D eigenvalue weighted by Gasteiger charge is -2.37. The van der Waals surface area contributed by atoms with Gasteiger partial charge < -0.3 is 24.8 Å². The van der Waals surface area contributed by atoms with Gasteiger partial charge in [-0.3, -0.25) is 0 Å². The number of aliphatic hydroxyl groups excluding tert-OH is 3. The molecule has 0 aromatic heterocycles. The molecule has 4 atom stereocenters. The van der Waals surface area contributed by atoms with Gasteiger partial charge in [-0.25, -0.2) is 0 Å². The Balaban J connectivity index is 1.99. The molecular weight excluding hydrogens is 296 g/mol. The molecular formula is C18H34O5. The molecule has 136 valence electrons. The number of hydrogen-bond acceptors (Lipinski definition) is 5. The van der Waals surface area contributed by atoms with Crippen molar-refractivity contribution in [2.45, 2.75) is 82.7 Å². The third-order valence-electron chi connectivity index (χ3n) is 4.32. The molecule has 1 rings (SSSR count). The highest BCUT2D eigenvalue weighted by Crippen LogP contribution is 2.19. The van der Waals surface area contributed by atoms with Crippen LogP contribution in [-0.2, 0) is 9.47 Å². The molecule has 1 aliphatic heterocycles. The highest BCUT2D eigenvalue weighted by Gasteiger charge is 2.38. The van der Waals surface area contributed by atoms with Crippen LogP contribution in [0.15, 0.2) is 12.2 Å². The molecule has 0 amide bonds. The minimum Gasteiger partial charge on any atom is -0.394 e. The summed E-state index contributed by atoms with van der Waals surface area (Å²) in [4.78, 5) is 0. The van der Waals surface area contributed by atoms with Crippen molar-refractivity contribution in [2.24, 2.45) is 0 Å². The minimum absolute atomic E-state index is 0.0974. The van der Waals surface area contributed by atoms with Crippen molar-refractivity contribution >= 4 is 0 Å². The molecule has 3 N–H and O–H groups in total. The lowest BCUT2D eigenvalue weighted by Crippen LogP contribution is -2.55. The molecule has 0 aromatic rings. The lowest BCUT2D eigenvalue weighted by molar-refractivity contribution is -0.210. The maximum absolute atomic E-state index is 9.99. The monoisotopic (exact) mass is 330 g/mol. The van der Waals surface area contributed by atoms with E-state index in [9.17, 15) is 10.2 Å². The van der Waals surface area contributed by atoms with Gasteiger partial charge in [-0.2, -0.15) is 0 Å². The van der Waals surface area contributed by atoms with Gasteiger partial charge in [0.15, 0.2) is 0 Å². The van der Waals surface area contributed by atoms with Gasteiger partial charge in [0, 0.05) is 6.61 Å². The van der Waals surface area contributed by atoms with Crippen molar-refractivity contribution in [2.75, 3.05) is 19.8 Å². The summed E-state index contributed by atoms with van der Waals surface area (Å²) in [6.45, 7) is 2.42. The topological polar surface area (TPSA) is 79.2 Å². The third-order valence-corrected chi connectivity index (χ3v) is 4.32. The van der Waals surface area contributed by atoms with Crippen LogP contribution in [0, 0.1) is 0 Å². The summed E-state index contributed by atoms with van der Waals surface area (Å²) in [6.07, 6.45) is 10.7. The summed E-state index contributed by atoms with van der Waals surface area (Å²) in [7, 11) is 0. The van der Waals surface area contributed by atoms with Crippen LogP contribution in [0.2, 0.25) is 0 Å². The quantitative estimate of drug-likeness (QED) is 0.377. The van der Waals surface area contributed by atoms with Gasteiger partial charge in [0.1, 0.15) is 24.4 Å². The molecule has 5 heteroatoms. The number of rotatable bonds is 12. The van der Waals surface area contributed by atoms with E-state index in [1.807, 2.05) is 0 Å². The van der Waals surface area contributed by atoms with E-state index in [1.165, 1.54) is 38.5 Å². The van der Waals surface area contributed by atoms with Gasteiger partial charge in [-0.1, -0.05) is 44.3 Å². The Morgan fingerprint density at radius 1 is 1.04 bits per heavy atom. The van der Waals surface area contributed by atoms with Gasteiger partial charge in [0.2, 0.25) is 0 Å². The zero-order valence-corrected chi connectivity index (χ0v) is 14.4. The first-order chi connectivity index (χ1) is 11.2. The van der Waals surface area contributed by atoms with E-state index in [-0.39, 0.29) is 13.2 Å². The smallest absolute Gasteiger partial charge is 0.114 e. The fourth-order valence-corrected chi connectivity index (χ4v) is 2.86. The van der Waals surface area contributed by atoms with Crippen LogP contribution in [0.4, 0.5) is 0 Å². The van der Waals surface area contributed by atoms with Crippen molar-refractivity contribution in [1.29, 1.82) is 0 Å². The third kappa shape index (κ3) is 8.27. The zero-order chi connectivity index (χ0) is 16.9. The van der Waals surface area contributed by atoms with Crippen LogP contribution in [0.25, 0.3) is 0 Å². The van der Waals surface area contributed by atoms with E-state index in [0.29, 0.717) is 6.61 Å². The van der Waals surface area contributed by atoms with E-state index in [4.69, 9.17) is 14.6 Å². The number of hydrogen-bond donors (Lipinski definition) is 3. The number of allylic oxidation sites excluding steroid dienone is 2. The second kappa shape index (κ2) is 12.9. The fourth-order valence-electron chi connectivity index (χ4n) is 2.86. The minimum atomic E-state index is -0.971. The molecule has 1 heterocycles. The van der Waals surface area contributed by atoms with Crippen LogP contribution in [0.1, 0.15) is 58.3 Å². The van der Waals surface area contributed by atoms with E-state index in [2.05, 4.69) is 19.1 Å². The van der Waals surface area contributed by atoms with Gasteiger partial charge in [0.25, 0.3) is 0 Å². The van der Waals surface area contributed by atoms with Gasteiger partial charge in [-0.15, -0.1) is 0 Å². The first-order valence-corrected chi connectivity index (χ1v) is 9.02. The van der Waals surface area contributed by atoms with E-state index in [0.717, 1.165) is 12.8 Å². The second-order valence-electron chi connectivity index (χ2n) is 6.28. The number of unbranched alkanes of at least 4 members (excludes halogenated alkanes) is 7. The maximum atomic E-state index is 9.99. The Morgan fingerprint density at radius 2 is 1.70 bits per heavy atom. The normalized spacial score (nSPS) is 28.5. The molecule has 1 saturated heterocycles. The summed E-state index contributed by atoms with van der Waals surface area (Å²) in [6, 6.07) is 0. The molecule has 5 nitrogen and oxygen atoms in total. The Labute approximate surface area is 140 Å². The molecule has 0 spiro atoms. The molecule has 0 aliphatic carbocycles. The Morgan fingerprint density at radius 3 is 2.35 bits per heavy atom. The summed E-state index contributed by atoms with van der Waals surface area (Å²) in [5.74, 6) is 0. The molecule has 0 radical (unpaired) electrons. The molecule has 1 fully saturated rings. The SMILES string of the molecule is C/C=C/CCCCCCCCCO[C@@H]1[C@@H](O)[C@H](CO)OC[C@H]1O. The first kappa shape index (κ1) is 20.6. The largest absolute Gasteiger partial charge is 0.394 e. The molecule has 0 saturated carbocycles. The average molecular weight is 330 g/mol. The standard InChI is InChI=1S/C18H34O5/c1-2-3-4-5-6-7-8-9-10-11-12-22-18-15(20)14-23-16(13-19)17(18)21/h2-3,15-21H,4-14H2,1H3/b3-2+/t15-,16+,17+,18+/m1/s1. The molecule has 0 aromatic carbocycles. The molecule has 0 unspecified atom stereocenters. The van der Waals surface area contributed by atoms with Crippen molar-refractivity contribution < 1.29 is 24.8 Å². The van der Waals surface area contributed by atoms with E-state index in [1.54, 1.807) is 0 Å². The van der Waals surface area contributed by atoms with Crippen LogP contribution < -0.4 is 0 Å². The predicted molar refractivity (Wildman–Crippen MR) is 90.3 cm³/mol. The number of aliphatic hydroxyl groups is 3. The summed E-state index contributed by atoms with van der Waals surface area (Å²) < 4.78 is 10.8. The van der Waals surface area contributed by atoms with E-state index >= 15 is 0 Å². The molecule has 1 aliphatic rings.